The summed E-state index contributed by atoms with van der Waals surface area (Å²) in [6.45, 7) is 8.03. The van der Waals surface area contributed by atoms with Gasteiger partial charge in [-0.15, -0.1) is 11.3 Å². The van der Waals surface area contributed by atoms with Crippen LogP contribution in [-0.2, 0) is 0 Å². The van der Waals surface area contributed by atoms with E-state index in [0.29, 0.717) is 28.1 Å². The maximum Gasteiger partial charge on any atom is 0.177 e. The number of Topliss-reactive ketones (excluding diaryl/α,β-unsaturated/α-hetero) is 1. The zero-order chi connectivity index (χ0) is 13.4. The number of carbonyl (C=O) groups excluding carboxylic acids is 1. The molecule has 1 aliphatic rings. The van der Waals surface area contributed by atoms with Crippen molar-refractivity contribution in [2.75, 3.05) is 30.8 Å². The highest BCUT2D eigenvalue weighted by Crippen LogP contribution is 2.46. The molecule has 0 spiro atoms. The Morgan fingerprint density at radius 1 is 1.39 bits per heavy atom. The number of rotatable bonds is 3. The Balaban J connectivity index is 2.39. The van der Waals surface area contributed by atoms with Crippen molar-refractivity contribution in [1.82, 2.24) is 0 Å². The molecule has 0 aromatic carbocycles. The molecule has 0 radical (unpaired) electrons. The summed E-state index contributed by atoms with van der Waals surface area (Å²) in [5, 5.41) is 0.997. The monoisotopic (exact) mass is 268 g/mol. The summed E-state index contributed by atoms with van der Waals surface area (Å²) in [5.41, 5.74) is 6.47. The molecule has 0 bridgehead atoms. The van der Waals surface area contributed by atoms with Gasteiger partial charge in [0.05, 0.1) is 17.7 Å². The molecular formula is C13H20N2O2S. The first-order chi connectivity index (χ1) is 8.45. The number of thiophene rings is 1. The number of nitrogen functional groups attached to an aromatic ring is 1. The second-order valence-corrected chi connectivity index (χ2v) is 6.10. The van der Waals surface area contributed by atoms with Gasteiger partial charge in [-0.25, -0.2) is 0 Å². The summed E-state index contributed by atoms with van der Waals surface area (Å²) in [6.07, 6.45) is 0. The summed E-state index contributed by atoms with van der Waals surface area (Å²) in [4.78, 5) is 14.4. The van der Waals surface area contributed by atoms with Gasteiger partial charge < -0.3 is 15.4 Å². The zero-order valence-electron chi connectivity index (χ0n) is 11.3. The van der Waals surface area contributed by atoms with Gasteiger partial charge in [0.2, 0.25) is 0 Å². The normalized spacial score (nSPS) is 23.4. The first-order valence-corrected chi connectivity index (χ1v) is 6.99. The predicted molar refractivity (Wildman–Crippen MR) is 75.8 cm³/mol. The van der Waals surface area contributed by atoms with Crippen LogP contribution in [0.4, 0.5) is 10.7 Å². The van der Waals surface area contributed by atoms with Gasteiger partial charge in [0.25, 0.3) is 0 Å². The smallest absolute Gasteiger partial charge is 0.177 e. The maximum absolute atomic E-state index is 11.5. The Morgan fingerprint density at radius 3 is 2.39 bits per heavy atom. The molecule has 18 heavy (non-hydrogen) atoms. The van der Waals surface area contributed by atoms with E-state index in [-0.39, 0.29) is 5.78 Å². The summed E-state index contributed by atoms with van der Waals surface area (Å²) < 4.78 is 5.38. The minimum atomic E-state index is 0.00217. The third kappa shape index (κ3) is 2.07. The van der Waals surface area contributed by atoms with Crippen LogP contribution < -0.4 is 15.4 Å². The van der Waals surface area contributed by atoms with Crippen LogP contribution >= 0.6 is 11.3 Å². The molecule has 100 valence electrons. The summed E-state index contributed by atoms with van der Waals surface area (Å²) in [5.74, 6) is 1.96. The second-order valence-electron chi connectivity index (χ2n) is 5.10. The number of hydrogen-bond donors (Lipinski definition) is 1. The van der Waals surface area contributed by atoms with Crippen molar-refractivity contribution >= 4 is 27.8 Å². The molecule has 0 aliphatic carbocycles. The first kappa shape index (κ1) is 13.2. The minimum absolute atomic E-state index is 0.00217. The van der Waals surface area contributed by atoms with Crippen molar-refractivity contribution in [1.29, 1.82) is 0 Å². The fourth-order valence-corrected chi connectivity index (χ4v) is 3.48. The number of nitrogens with zero attached hydrogens (tertiary/aromatic N) is 1. The molecule has 2 unspecified atom stereocenters. The van der Waals surface area contributed by atoms with Crippen LogP contribution in [-0.4, -0.2) is 26.0 Å². The lowest BCUT2D eigenvalue weighted by Gasteiger charge is -2.17. The highest BCUT2D eigenvalue weighted by molar-refractivity contribution is 7.19. The van der Waals surface area contributed by atoms with Gasteiger partial charge in [0, 0.05) is 20.0 Å². The number of nitrogens with two attached hydrogens (primary N) is 1. The van der Waals surface area contributed by atoms with Crippen LogP contribution in [0.25, 0.3) is 0 Å². The van der Waals surface area contributed by atoms with Gasteiger partial charge in [-0.2, -0.15) is 0 Å². The van der Waals surface area contributed by atoms with E-state index in [9.17, 15) is 4.79 Å². The lowest BCUT2D eigenvalue weighted by atomic mass is 10.0. The molecule has 0 saturated carbocycles. The number of carbonyl (C=O) groups is 1. The van der Waals surface area contributed by atoms with Crippen LogP contribution in [0, 0.1) is 11.8 Å². The van der Waals surface area contributed by atoms with E-state index in [2.05, 4.69) is 18.7 Å². The molecule has 4 nitrogen and oxygen atoms in total. The van der Waals surface area contributed by atoms with Crippen LogP contribution in [0.3, 0.4) is 0 Å². The molecule has 1 aromatic heterocycles. The lowest BCUT2D eigenvalue weighted by Crippen LogP contribution is -2.18. The third-order valence-electron chi connectivity index (χ3n) is 3.68. The van der Waals surface area contributed by atoms with Crippen LogP contribution in [0.1, 0.15) is 30.4 Å². The van der Waals surface area contributed by atoms with E-state index in [1.807, 2.05) is 0 Å². The number of anilines is 2. The number of methoxy groups -OCH3 is 1. The molecule has 1 saturated heterocycles. The third-order valence-corrected chi connectivity index (χ3v) is 5.03. The second kappa shape index (κ2) is 4.80. The van der Waals surface area contributed by atoms with Crippen LogP contribution in [0.5, 0.6) is 5.75 Å². The summed E-state index contributed by atoms with van der Waals surface area (Å²) >= 11 is 1.45. The number of ketones is 1. The average molecular weight is 268 g/mol. The van der Waals surface area contributed by atoms with E-state index in [1.54, 1.807) is 14.0 Å². The fourth-order valence-electron chi connectivity index (χ4n) is 2.38. The Hall–Kier alpha value is -1.23. The molecule has 1 fully saturated rings. The molecule has 2 atom stereocenters. The highest BCUT2D eigenvalue weighted by atomic mass is 32.1. The van der Waals surface area contributed by atoms with E-state index in [4.69, 9.17) is 10.5 Å². The Kier molecular flexibility index (Phi) is 3.52. The Morgan fingerprint density at radius 2 is 1.94 bits per heavy atom. The van der Waals surface area contributed by atoms with Gasteiger partial charge in [-0.3, -0.25) is 4.79 Å². The molecular weight excluding hydrogens is 248 g/mol. The standard InChI is InChI=1S/C13H20N2O2S/c1-7-5-15(6-8(7)2)13-11(17-4)10(14)12(18-13)9(3)16/h7-8H,5-6,14H2,1-4H3. The summed E-state index contributed by atoms with van der Waals surface area (Å²) in [6, 6.07) is 0. The quantitative estimate of drug-likeness (QED) is 0.856. The first-order valence-electron chi connectivity index (χ1n) is 6.17. The number of hydrogen-bond acceptors (Lipinski definition) is 5. The predicted octanol–water partition coefficient (Wildman–Crippen LogP) is 2.63. The molecule has 5 heteroatoms. The van der Waals surface area contributed by atoms with E-state index in [1.165, 1.54) is 11.3 Å². The fraction of sp³-hybridized carbons (Fsp3) is 0.615. The molecule has 2 N–H and O–H groups in total. The topological polar surface area (TPSA) is 55.6 Å². The van der Waals surface area contributed by atoms with E-state index in [0.717, 1.165) is 18.1 Å². The SMILES string of the molecule is COc1c(N2CC(C)C(C)C2)sc(C(C)=O)c1N. The Labute approximate surface area is 112 Å². The van der Waals surface area contributed by atoms with Crippen molar-refractivity contribution in [3.05, 3.63) is 4.88 Å². The largest absolute Gasteiger partial charge is 0.492 e. The van der Waals surface area contributed by atoms with Gasteiger partial charge in [-0.1, -0.05) is 13.8 Å². The Bertz CT molecular complexity index is 460. The molecule has 1 aliphatic heterocycles. The van der Waals surface area contributed by atoms with Gasteiger partial charge in [-0.05, 0) is 11.8 Å². The molecule has 2 heterocycles. The lowest BCUT2D eigenvalue weighted by molar-refractivity contribution is 0.102. The average Bonchev–Trinajstić information content (AvgIpc) is 2.80. The molecule has 2 rings (SSSR count). The maximum atomic E-state index is 11.5. The van der Waals surface area contributed by atoms with Crippen molar-refractivity contribution < 1.29 is 9.53 Å². The van der Waals surface area contributed by atoms with Crippen LogP contribution in [0.15, 0.2) is 0 Å². The van der Waals surface area contributed by atoms with Crippen molar-refractivity contribution in [2.24, 2.45) is 11.8 Å². The van der Waals surface area contributed by atoms with Crippen LogP contribution in [0.2, 0.25) is 0 Å². The molecule has 1 aromatic rings. The van der Waals surface area contributed by atoms with Crippen molar-refractivity contribution in [2.45, 2.75) is 20.8 Å². The summed E-state index contributed by atoms with van der Waals surface area (Å²) in [7, 11) is 1.61. The van der Waals surface area contributed by atoms with Gasteiger partial charge in [0.1, 0.15) is 5.00 Å². The number of ether oxygens (including phenoxy) is 1. The highest BCUT2D eigenvalue weighted by Gasteiger charge is 2.31. The minimum Gasteiger partial charge on any atom is -0.492 e. The van der Waals surface area contributed by atoms with Gasteiger partial charge in [0.15, 0.2) is 11.5 Å². The van der Waals surface area contributed by atoms with E-state index >= 15 is 0 Å². The van der Waals surface area contributed by atoms with Gasteiger partial charge >= 0.3 is 0 Å². The molecule has 0 amide bonds. The van der Waals surface area contributed by atoms with E-state index < -0.39 is 0 Å². The van der Waals surface area contributed by atoms with Crippen molar-refractivity contribution in [3.63, 3.8) is 0 Å². The van der Waals surface area contributed by atoms with Crippen molar-refractivity contribution in [3.8, 4) is 5.75 Å². The zero-order valence-corrected chi connectivity index (χ0v) is 12.1.